The summed E-state index contributed by atoms with van der Waals surface area (Å²) in [6, 6.07) is 10.4. The minimum atomic E-state index is -0.428. The van der Waals surface area contributed by atoms with Crippen LogP contribution in [0, 0.1) is 0 Å². The quantitative estimate of drug-likeness (QED) is 0.526. The molecule has 1 aromatic heterocycles. The van der Waals surface area contributed by atoms with Crippen LogP contribution in [0.3, 0.4) is 0 Å². The molecule has 0 aliphatic heterocycles. The summed E-state index contributed by atoms with van der Waals surface area (Å²) >= 11 is 0. The highest BCUT2D eigenvalue weighted by molar-refractivity contribution is 6.00. The van der Waals surface area contributed by atoms with Gasteiger partial charge in [-0.25, -0.2) is 5.43 Å². The Morgan fingerprint density at radius 1 is 1.15 bits per heavy atom. The first kappa shape index (κ1) is 19.0. The van der Waals surface area contributed by atoms with Crippen molar-refractivity contribution in [2.45, 2.75) is 19.9 Å². The SMILES string of the molecule is COc1cccc(OCC(=O)N/N=C(/C)CC(=O)NCc2ccco2)c1. The third kappa shape index (κ3) is 6.68. The highest BCUT2D eigenvalue weighted by Crippen LogP contribution is 2.18. The van der Waals surface area contributed by atoms with Crippen molar-refractivity contribution in [1.82, 2.24) is 10.7 Å². The molecule has 0 spiro atoms. The van der Waals surface area contributed by atoms with E-state index in [-0.39, 0.29) is 18.9 Å². The fraction of sp³-hybridized carbons (Fsp3) is 0.278. The van der Waals surface area contributed by atoms with Gasteiger partial charge in [-0.15, -0.1) is 0 Å². The zero-order valence-corrected chi connectivity index (χ0v) is 14.7. The molecular weight excluding hydrogens is 338 g/mol. The van der Waals surface area contributed by atoms with Gasteiger partial charge in [-0.1, -0.05) is 6.07 Å². The Balaban J connectivity index is 1.69. The van der Waals surface area contributed by atoms with Gasteiger partial charge < -0.3 is 19.2 Å². The van der Waals surface area contributed by atoms with E-state index in [2.05, 4.69) is 15.8 Å². The molecule has 1 aromatic carbocycles. The van der Waals surface area contributed by atoms with E-state index in [4.69, 9.17) is 13.9 Å². The lowest BCUT2D eigenvalue weighted by Gasteiger charge is -2.07. The standard InChI is InChI=1S/C18H21N3O5/c1-13(9-17(22)19-11-16-7-4-8-25-16)20-21-18(23)12-26-15-6-3-5-14(10-15)24-2/h3-8,10H,9,11-12H2,1-2H3,(H,19,22)(H,21,23)/b20-13-. The van der Waals surface area contributed by atoms with E-state index in [1.165, 1.54) is 6.26 Å². The van der Waals surface area contributed by atoms with Crippen LogP contribution >= 0.6 is 0 Å². The van der Waals surface area contributed by atoms with Gasteiger partial charge in [-0.05, 0) is 31.2 Å². The van der Waals surface area contributed by atoms with Gasteiger partial charge in [0, 0.05) is 11.8 Å². The molecule has 0 atom stereocenters. The van der Waals surface area contributed by atoms with Crippen LogP contribution in [0.15, 0.2) is 52.2 Å². The predicted octanol–water partition coefficient (Wildman–Crippen LogP) is 1.87. The first-order valence-corrected chi connectivity index (χ1v) is 7.94. The van der Waals surface area contributed by atoms with Gasteiger partial charge in [0.2, 0.25) is 5.91 Å². The van der Waals surface area contributed by atoms with Crippen molar-refractivity contribution in [1.29, 1.82) is 0 Å². The predicted molar refractivity (Wildman–Crippen MR) is 94.9 cm³/mol. The average Bonchev–Trinajstić information content (AvgIpc) is 3.17. The Morgan fingerprint density at radius 3 is 2.69 bits per heavy atom. The Hall–Kier alpha value is -3.29. The van der Waals surface area contributed by atoms with Crippen LogP contribution in [-0.4, -0.2) is 31.2 Å². The van der Waals surface area contributed by atoms with E-state index in [0.717, 1.165) is 0 Å². The second-order valence-corrected chi connectivity index (χ2v) is 5.38. The fourth-order valence-electron chi connectivity index (χ4n) is 1.96. The zero-order valence-electron chi connectivity index (χ0n) is 14.7. The molecule has 0 bridgehead atoms. The van der Waals surface area contributed by atoms with Crippen LogP contribution in [0.5, 0.6) is 11.5 Å². The summed E-state index contributed by atoms with van der Waals surface area (Å²) in [5, 5.41) is 6.58. The van der Waals surface area contributed by atoms with Crippen molar-refractivity contribution in [3.63, 3.8) is 0 Å². The van der Waals surface area contributed by atoms with Gasteiger partial charge in [0.15, 0.2) is 6.61 Å². The lowest BCUT2D eigenvalue weighted by Crippen LogP contribution is -2.28. The summed E-state index contributed by atoms with van der Waals surface area (Å²) in [6.45, 7) is 1.75. The van der Waals surface area contributed by atoms with Crippen LogP contribution in [0.25, 0.3) is 0 Å². The highest BCUT2D eigenvalue weighted by atomic mass is 16.5. The van der Waals surface area contributed by atoms with Gasteiger partial charge in [-0.3, -0.25) is 9.59 Å². The molecule has 0 saturated carbocycles. The number of ether oxygens (including phenoxy) is 2. The maximum absolute atomic E-state index is 11.8. The number of furan rings is 1. The molecule has 138 valence electrons. The molecule has 0 aliphatic rings. The monoisotopic (exact) mass is 359 g/mol. The number of nitrogens with zero attached hydrogens (tertiary/aromatic N) is 1. The van der Waals surface area contributed by atoms with Crippen molar-refractivity contribution in [3.05, 3.63) is 48.4 Å². The van der Waals surface area contributed by atoms with Crippen molar-refractivity contribution in [2.75, 3.05) is 13.7 Å². The van der Waals surface area contributed by atoms with E-state index < -0.39 is 5.91 Å². The van der Waals surface area contributed by atoms with Crippen LogP contribution in [0.2, 0.25) is 0 Å². The van der Waals surface area contributed by atoms with Crippen LogP contribution in [0.1, 0.15) is 19.1 Å². The number of benzene rings is 1. The smallest absolute Gasteiger partial charge is 0.277 e. The third-order valence-corrected chi connectivity index (χ3v) is 3.24. The normalized spacial score (nSPS) is 10.9. The van der Waals surface area contributed by atoms with Gasteiger partial charge in [-0.2, -0.15) is 5.10 Å². The van der Waals surface area contributed by atoms with Gasteiger partial charge in [0.1, 0.15) is 17.3 Å². The summed E-state index contributed by atoms with van der Waals surface area (Å²) in [7, 11) is 1.55. The number of hydrogen-bond donors (Lipinski definition) is 2. The van der Waals surface area contributed by atoms with E-state index in [9.17, 15) is 9.59 Å². The van der Waals surface area contributed by atoms with Crippen molar-refractivity contribution < 1.29 is 23.5 Å². The van der Waals surface area contributed by atoms with Gasteiger partial charge in [0.05, 0.1) is 26.3 Å². The molecule has 0 aliphatic carbocycles. The molecule has 0 unspecified atom stereocenters. The molecule has 8 heteroatoms. The molecule has 2 rings (SSSR count). The molecular formula is C18H21N3O5. The number of hydrazone groups is 1. The minimum absolute atomic E-state index is 0.0672. The Bertz CT molecular complexity index is 756. The number of rotatable bonds is 9. The van der Waals surface area contributed by atoms with Crippen LogP contribution in [-0.2, 0) is 16.1 Å². The van der Waals surface area contributed by atoms with Gasteiger partial charge >= 0.3 is 0 Å². The molecule has 8 nitrogen and oxygen atoms in total. The Kier molecular flexibility index (Phi) is 7.23. The van der Waals surface area contributed by atoms with Crippen molar-refractivity contribution >= 4 is 17.5 Å². The summed E-state index contributed by atoms with van der Waals surface area (Å²) in [6.07, 6.45) is 1.61. The number of nitrogens with one attached hydrogen (secondary N) is 2. The largest absolute Gasteiger partial charge is 0.497 e. The second-order valence-electron chi connectivity index (χ2n) is 5.38. The Labute approximate surface area is 151 Å². The maximum atomic E-state index is 11.8. The zero-order chi connectivity index (χ0) is 18.8. The third-order valence-electron chi connectivity index (χ3n) is 3.24. The van der Waals surface area contributed by atoms with Crippen LogP contribution < -0.4 is 20.2 Å². The first-order chi connectivity index (χ1) is 12.6. The lowest BCUT2D eigenvalue weighted by molar-refractivity contribution is -0.123. The molecule has 0 radical (unpaired) electrons. The molecule has 0 fully saturated rings. The second kappa shape index (κ2) is 9.87. The summed E-state index contributed by atoms with van der Waals surface area (Å²) in [5.41, 5.74) is 2.82. The molecule has 1 heterocycles. The van der Waals surface area contributed by atoms with E-state index in [1.54, 1.807) is 50.4 Å². The number of amides is 2. The topological polar surface area (TPSA) is 102 Å². The fourth-order valence-corrected chi connectivity index (χ4v) is 1.96. The summed E-state index contributed by atoms with van der Waals surface area (Å²) in [4.78, 5) is 23.5. The average molecular weight is 359 g/mol. The summed E-state index contributed by atoms with van der Waals surface area (Å²) < 4.78 is 15.5. The number of carbonyl (C=O) groups excluding carboxylic acids is 2. The first-order valence-electron chi connectivity index (χ1n) is 7.94. The Morgan fingerprint density at radius 2 is 1.96 bits per heavy atom. The molecule has 2 N–H and O–H groups in total. The van der Waals surface area contributed by atoms with E-state index >= 15 is 0 Å². The van der Waals surface area contributed by atoms with Crippen molar-refractivity contribution in [2.24, 2.45) is 5.10 Å². The van der Waals surface area contributed by atoms with Crippen molar-refractivity contribution in [3.8, 4) is 11.5 Å². The number of methoxy groups -OCH3 is 1. The van der Waals surface area contributed by atoms with E-state index in [1.807, 2.05) is 0 Å². The molecule has 2 aromatic rings. The summed E-state index contributed by atoms with van der Waals surface area (Å²) in [5.74, 6) is 1.17. The minimum Gasteiger partial charge on any atom is -0.497 e. The maximum Gasteiger partial charge on any atom is 0.277 e. The van der Waals surface area contributed by atoms with E-state index in [0.29, 0.717) is 29.5 Å². The van der Waals surface area contributed by atoms with Crippen LogP contribution in [0.4, 0.5) is 0 Å². The number of carbonyl (C=O) groups is 2. The highest BCUT2D eigenvalue weighted by Gasteiger charge is 2.07. The van der Waals surface area contributed by atoms with Gasteiger partial charge in [0.25, 0.3) is 5.91 Å². The molecule has 0 saturated heterocycles. The lowest BCUT2D eigenvalue weighted by atomic mass is 10.3. The molecule has 26 heavy (non-hydrogen) atoms. The molecule has 2 amide bonds. The number of hydrogen-bond acceptors (Lipinski definition) is 6.